The van der Waals surface area contributed by atoms with Gasteiger partial charge in [-0.15, -0.1) is 11.6 Å². The van der Waals surface area contributed by atoms with Gasteiger partial charge in [0.05, 0.1) is 5.41 Å². The van der Waals surface area contributed by atoms with Crippen LogP contribution in [-0.4, -0.2) is 52.8 Å². The van der Waals surface area contributed by atoms with E-state index in [1.165, 1.54) is 18.5 Å². The summed E-state index contributed by atoms with van der Waals surface area (Å²) in [6.45, 7) is 6.08. The summed E-state index contributed by atoms with van der Waals surface area (Å²) in [4.78, 5) is 24.7. The highest BCUT2D eigenvalue weighted by atomic mass is 35.5. The third-order valence-electron chi connectivity index (χ3n) is 4.54. The maximum atomic E-state index is 13.9. The Kier molecular flexibility index (Phi) is 6.25. The maximum absolute atomic E-state index is 13.9. The molecule has 2 aromatic rings. The number of carbonyl (C=O) groups is 1. The molecule has 0 radical (unpaired) electrons. The molecule has 0 atom stereocenters. The molecule has 0 N–H and O–H groups in total. The molecule has 1 fully saturated rings. The Morgan fingerprint density at radius 1 is 1.21 bits per heavy atom. The number of aromatic nitrogens is 2. The number of ether oxygens (including phenoxy) is 1. The smallest absolute Gasteiger partial charge is 0.229 e. The first-order valence-corrected chi connectivity index (χ1v) is 9.76. The summed E-state index contributed by atoms with van der Waals surface area (Å²) >= 11 is 11.7. The van der Waals surface area contributed by atoms with E-state index in [0.717, 1.165) is 0 Å². The second kappa shape index (κ2) is 8.49. The van der Waals surface area contributed by atoms with E-state index in [-0.39, 0.29) is 28.4 Å². The largest absolute Gasteiger partial charge is 0.436 e. The Morgan fingerprint density at radius 3 is 2.57 bits per heavy atom. The number of rotatable bonds is 5. The van der Waals surface area contributed by atoms with Gasteiger partial charge in [0.2, 0.25) is 11.8 Å². The number of nitrogens with zero attached hydrogens (tertiary/aromatic N) is 4. The summed E-state index contributed by atoms with van der Waals surface area (Å²) < 4.78 is 19.4. The zero-order chi connectivity index (χ0) is 20.3. The molecule has 150 valence electrons. The Balaban J connectivity index is 1.66. The third-order valence-corrected chi connectivity index (χ3v) is 5.44. The second-order valence-corrected chi connectivity index (χ2v) is 7.89. The lowest BCUT2D eigenvalue weighted by molar-refractivity contribution is -0.139. The number of amides is 1. The van der Waals surface area contributed by atoms with Gasteiger partial charge in [-0.2, -0.15) is 0 Å². The average Bonchev–Trinajstić information content (AvgIpc) is 2.70. The lowest BCUT2D eigenvalue weighted by Gasteiger charge is -2.38. The minimum absolute atomic E-state index is 0.0350. The van der Waals surface area contributed by atoms with Crippen molar-refractivity contribution in [2.45, 2.75) is 13.8 Å². The highest BCUT2D eigenvalue weighted by Gasteiger charge is 2.33. The molecule has 6 nitrogen and oxygen atoms in total. The Morgan fingerprint density at radius 2 is 1.93 bits per heavy atom. The molecule has 1 aliphatic heterocycles. The minimum atomic E-state index is -0.581. The first kappa shape index (κ1) is 20.6. The number of hydrogen-bond acceptors (Lipinski definition) is 5. The summed E-state index contributed by atoms with van der Waals surface area (Å²) in [6, 6.07) is 5.81. The molecule has 0 unspecified atom stereocenters. The fourth-order valence-electron chi connectivity index (χ4n) is 2.85. The van der Waals surface area contributed by atoms with Gasteiger partial charge in [-0.3, -0.25) is 4.79 Å². The standard InChI is InChI=1S/C19H21Cl2FN4O2/c1-19(2,11-20)18(27)26-7-5-25(6-8-26)16-10-17(24-12-23-16)28-15-4-3-13(21)9-14(15)22/h3-4,9-10,12H,5-8,11H2,1-2H3. The fraction of sp³-hybridized carbons (Fsp3) is 0.421. The molecule has 0 saturated carbocycles. The van der Waals surface area contributed by atoms with Gasteiger partial charge in [0, 0.05) is 43.1 Å². The molecule has 0 spiro atoms. The molecule has 1 aromatic carbocycles. The van der Waals surface area contributed by atoms with Gasteiger partial charge in [0.15, 0.2) is 11.6 Å². The van der Waals surface area contributed by atoms with E-state index in [1.807, 2.05) is 23.6 Å². The lowest BCUT2D eigenvalue weighted by atomic mass is 9.94. The molecule has 28 heavy (non-hydrogen) atoms. The minimum Gasteiger partial charge on any atom is -0.436 e. The Hall–Kier alpha value is -2.12. The maximum Gasteiger partial charge on any atom is 0.229 e. The third kappa shape index (κ3) is 4.64. The highest BCUT2D eigenvalue weighted by molar-refractivity contribution is 6.30. The summed E-state index contributed by atoms with van der Waals surface area (Å²) in [5.41, 5.74) is -0.581. The summed E-state index contributed by atoms with van der Waals surface area (Å²) in [5.74, 6) is 0.678. The molecule has 1 saturated heterocycles. The van der Waals surface area contributed by atoms with Crippen molar-refractivity contribution in [2.75, 3.05) is 37.0 Å². The predicted molar refractivity (Wildman–Crippen MR) is 107 cm³/mol. The van der Waals surface area contributed by atoms with Crippen LogP contribution in [0.3, 0.4) is 0 Å². The zero-order valence-corrected chi connectivity index (χ0v) is 17.2. The zero-order valence-electron chi connectivity index (χ0n) is 15.7. The van der Waals surface area contributed by atoms with Crippen LogP contribution in [0.1, 0.15) is 13.8 Å². The van der Waals surface area contributed by atoms with Gasteiger partial charge in [-0.1, -0.05) is 11.6 Å². The van der Waals surface area contributed by atoms with Crippen molar-refractivity contribution in [3.8, 4) is 11.6 Å². The van der Waals surface area contributed by atoms with Gasteiger partial charge in [0.1, 0.15) is 12.1 Å². The molecular formula is C19H21Cl2FN4O2. The van der Waals surface area contributed by atoms with Crippen LogP contribution in [0.25, 0.3) is 0 Å². The number of hydrogen-bond donors (Lipinski definition) is 0. The van der Waals surface area contributed by atoms with Gasteiger partial charge in [-0.25, -0.2) is 14.4 Å². The van der Waals surface area contributed by atoms with Crippen molar-refractivity contribution in [1.29, 1.82) is 0 Å². The number of alkyl halides is 1. The summed E-state index contributed by atoms with van der Waals surface area (Å²) in [7, 11) is 0. The lowest BCUT2D eigenvalue weighted by Crippen LogP contribution is -2.52. The number of anilines is 1. The highest BCUT2D eigenvalue weighted by Crippen LogP contribution is 2.27. The molecule has 9 heteroatoms. The van der Waals surface area contributed by atoms with Crippen LogP contribution < -0.4 is 9.64 Å². The SMILES string of the molecule is CC(C)(CCl)C(=O)N1CCN(c2cc(Oc3ccc(Cl)cc3F)ncn2)CC1. The molecular weight excluding hydrogens is 406 g/mol. The first-order chi connectivity index (χ1) is 13.3. The average molecular weight is 427 g/mol. The first-order valence-electron chi connectivity index (χ1n) is 8.85. The van der Waals surface area contributed by atoms with Crippen LogP contribution >= 0.6 is 23.2 Å². The van der Waals surface area contributed by atoms with E-state index in [2.05, 4.69) is 9.97 Å². The van der Waals surface area contributed by atoms with Crippen LogP contribution in [0.5, 0.6) is 11.6 Å². The monoisotopic (exact) mass is 426 g/mol. The second-order valence-electron chi connectivity index (χ2n) is 7.19. The van der Waals surface area contributed by atoms with Crippen LogP contribution in [-0.2, 0) is 4.79 Å². The normalized spacial score (nSPS) is 14.9. The van der Waals surface area contributed by atoms with Crippen LogP contribution in [0.15, 0.2) is 30.6 Å². The predicted octanol–water partition coefficient (Wildman–Crippen LogP) is 3.98. The molecule has 0 aliphatic carbocycles. The van der Waals surface area contributed by atoms with Crippen LogP contribution in [0, 0.1) is 11.2 Å². The molecule has 2 heterocycles. The topological polar surface area (TPSA) is 58.6 Å². The summed E-state index contributed by atoms with van der Waals surface area (Å²) in [5, 5.41) is 0.290. The van der Waals surface area contributed by atoms with E-state index >= 15 is 0 Å². The van der Waals surface area contributed by atoms with Gasteiger partial charge >= 0.3 is 0 Å². The van der Waals surface area contributed by atoms with E-state index in [4.69, 9.17) is 27.9 Å². The van der Waals surface area contributed by atoms with Crippen LogP contribution in [0.4, 0.5) is 10.2 Å². The van der Waals surface area contributed by atoms with E-state index in [1.54, 1.807) is 12.1 Å². The van der Waals surface area contributed by atoms with Gasteiger partial charge in [-0.05, 0) is 32.0 Å². The fourth-order valence-corrected chi connectivity index (χ4v) is 3.13. The van der Waals surface area contributed by atoms with Crippen molar-refractivity contribution in [3.05, 3.63) is 41.4 Å². The number of benzene rings is 1. The Labute approximate surface area is 173 Å². The molecule has 3 rings (SSSR count). The molecule has 0 bridgehead atoms. The van der Waals surface area contributed by atoms with Crippen molar-refractivity contribution in [2.24, 2.45) is 5.41 Å². The number of carbonyl (C=O) groups excluding carboxylic acids is 1. The summed E-state index contributed by atoms with van der Waals surface area (Å²) in [6.07, 6.45) is 1.37. The van der Waals surface area contributed by atoms with Gasteiger partial charge < -0.3 is 14.5 Å². The number of halogens is 3. The van der Waals surface area contributed by atoms with E-state index in [9.17, 15) is 9.18 Å². The quantitative estimate of drug-likeness (QED) is 0.676. The van der Waals surface area contributed by atoms with E-state index in [0.29, 0.717) is 32.0 Å². The van der Waals surface area contributed by atoms with Crippen molar-refractivity contribution in [1.82, 2.24) is 14.9 Å². The van der Waals surface area contributed by atoms with Crippen molar-refractivity contribution in [3.63, 3.8) is 0 Å². The molecule has 1 aliphatic rings. The van der Waals surface area contributed by atoms with Crippen molar-refractivity contribution >= 4 is 34.9 Å². The number of piperazine rings is 1. The molecule has 1 aromatic heterocycles. The van der Waals surface area contributed by atoms with Crippen molar-refractivity contribution < 1.29 is 13.9 Å². The van der Waals surface area contributed by atoms with E-state index < -0.39 is 11.2 Å². The van der Waals surface area contributed by atoms with Gasteiger partial charge in [0.25, 0.3) is 0 Å². The van der Waals surface area contributed by atoms with Crippen LogP contribution in [0.2, 0.25) is 5.02 Å². The molecule has 1 amide bonds. The Bertz CT molecular complexity index is 858.